The molecule has 0 spiro atoms. The number of carbonyl (C=O) groups is 1. The molecule has 2 aliphatic heterocycles. The summed E-state index contributed by atoms with van der Waals surface area (Å²) in [6, 6.07) is 6.94. The molecule has 6 N–H and O–H groups in total. The van der Waals surface area contributed by atoms with Gasteiger partial charge in [-0.2, -0.15) is 0 Å². The van der Waals surface area contributed by atoms with Crippen LogP contribution in [0.15, 0.2) is 42.7 Å². The van der Waals surface area contributed by atoms with Crippen molar-refractivity contribution in [2.45, 2.75) is 67.6 Å². The summed E-state index contributed by atoms with van der Waals surface area (Å²) in [5, 5.41) is 61.9. The van der Waals surface area contributed by atoms with E-state index in [4.69, 9.17) is 23.7 Å². The van der Waals surface area contributed by atoms with Crippen molar-refractivity contribution in [1.29, 1.82) is 0 Å². The third kappa shape index (κ3) is 5.24. The molecule has 12 heteroatoms. The molecular weight excluding hydrogens is 492 g/mol. The molecule has 204 valence electrons. The number of esters is 1. The summed E-state index contributed by atoms with van der Waals surface area (Å²) >= 11 is 0. The Kier molecular flexibility index (Phi) is 7.93. The van der Waals surface area contributed by atoms with Gasteiger partial charge in [-0.3, -0.25) is 0 Å². The quantitative estimate of drug-likeness (QED) is 0.185. The van der Waals surface area contributed by atoms with Crippen molar-refractivity contribution in [1.82, 2.24) is 0 Å². The average Bonchev–Trinajstić information content (AvgIpc) is 3.08. The summed E-state index contributed by atoms with van der Waals surface area (Å²) in [7, 11) is 1.54. The van der Waals surface area contributed by atoms with Gasteiger partial charge in [-0.15, -0.1) is 0 Å². The lowest BCUT2D eigenvalue weighted by Gasteiger charge is -2.45. The SMILES string of the molecule is COc1ccc(/C=C\C(=O)O[C@@]2(C)C[C@@H](O)[C@]3(O)C=CO[C@@H](O[C@@H]4O[C@H](CO)[C@H](O)[C@@H](O)[C@H]4O)[C@@H]32)cc1. The van der Waals surface area contributed by atoms with Crippen molar-refractivity contribution >= 4 is 12.0 Å². The molecule has 37 heavy (non-hydrogen) atoms. The van der Waals surface area contributed by atoms with Gasteiger partial charge in [0.2, 0.25) is 6.29 Å². The molecule has 1 aromatic carbocycles. The third-order valence-corrected chi connectivity index (χ3v) is 7.09. The van der Waals surface area contributed by atoms with Gasteiger partial charge in [-0.05, 0) is 36.8 Å². The molecule has 2 heterocycles. The van der Waals surface area contributed by atoms with E-state index in [1.54, 1.807) is 31.4 Å². The molecule has 1 aliphatic carbocycles. The minimum atomic E-state index is -1.92. The average molecular weight is 525 g/mol. The van der Waals surface area contributed by atoms with Crippen molar-refractivity contribution in [3.05, 3.63) is 48.2 Å². The summed E-state index contributed by atoms with van der Waals surface area (Å²) in [6.45, 7) is 0.836. The molecule has 0 aromatic heterocycles. The Bertz CT molecular complexity index is 1010. The van der Waals surface area contributed by atoms with Gasteiger partial charge in [-0.1, -0.05) is 12.1 Å². The van der Waals surface area contributed by atoms with Crippen molar-refractivity contribution in [3.8, 4) is 5.75 Å². The summed E-state index contributed by atoms with van der Waals surface area (Å²) in [4.78, 5) is 12.7. The third-order valence-electron chi connectivity index (χ3n) is 7.09. The molecule has 1 saturated carbocycles. The van der Waals surface area contributed by atoms with E-state index in [-0.39, 0.29) is 6.42 Å². The van der Waals surface area contributed by atoms with E-state index >= 15 is 0 Å². The second-order valence-electron chi connectivity index (χ2n) is 9.57. The molecule has 4 rings (SSSR count). The number of aliphatic hydroxyl groups excluding tert-OH is 5. The highest BCUT2D eigenvalue weighted by molar-refractivity contribution is 5.87. The fourth-order valence-corrected chi connectivity index (χ4v) is 5.07. The first-order chi connectivity index (χ1) is 17.5. The fraction of sp³-hybridized carbons (Fsp3) is 0.560. The van der Waals surface area contributed by atoms with E-state index in [2.05, 4.69) is 0 Å². The highest BCUT2D eigenvalue weighted by Gasteiger charge is 2.66. The Morgan fingerprint density at radius 3 is 2.46 bits per heavy atom. The predicted octanol–water partition coefficient (Wildman–Crippen LogP) is -1.19. The first kappa shape index (κ1) is 27.5. The van der Waals surface area contributed by atoms with Gasteiger partial charge in [0.25, 0.3) is 0 Å². The van der Waals surface area contributed by atoms with Gasteiger partial charge in [0.05, 0.1) is 32.0 Å². The number of benzene rings is 1. The van der Waals surface area contributed by atoms with Crippen molar-refractivity contribution in [2.24, 2.45) is 5.92 Å². The number of methoxy groups -OCH3 is 1. The Morgan fingerprint density at radius 2 is 1.81 bits per heavy atom. The molecule has 0 amide bonds. The van der Waals surface area contributed by atoms with Crippen LogP contribution < -0.4 is 4.74 Å². The Balaban J connectivity index is 1.53. The van der Waals surface area contributed by atoms with E-state index in [0.717, 1.165) is 6.26 Å². The molecule has 0 unspecified atom stereocenters. The van der Waals surface area contributed by atoms with Crippen LogP contribution >= 0.6 is 0 Å². The monoisotopic (exact) mass is 524 g/mol. The number of aliphatic hydroxyl groups is 6. The van der Waals surface area contributed by atoms with E-state index in [0.29, 0.717) is 11.3 Å². The first-order valence-electron chi connectivity index (χ1n) is 11.8. The van der Waals surface area contributed by atoms with Crippen molar-refractivity contribution < 1.29 is 59.1 Å². The van der Waals surface area contributed by atoms with Crippen LogP contribution in [0.25, 0.3) is 6.08 Å². The summed E-state index contributed by atoms with van der Waals surface area (Å²) in [5.41, 5.74) is -2.72. The van der Waals surface area contributed by atoms with E-state index in [9.17, 15) is 35.4 Å². The van der Waals surface area contributed by atoms with Crippen LogP contribution in [-0.4, -0.2) is 105 Å². The Morgan fingerprint density at radius 1 is 1.11 bits per heavy atom. The smallest absolute Gasteiger partial charge is 0.331 e. The van der Waals surface area contributed by atoms with Gasteiger partial charge >= 0.3 is 5.97 Å². The molecule has 0 radical (unpaired) electrons. The van der Waals surface area contributed by atoms with Gasteiger partial charge in [0.15, 0.2) is 6.29 Å². The van der Waals surface area contributed by atoms with Crippen LogP contribution in [0.2, 0.25) is 0 Å². The standard InChI is InChI=1S/C25H32O12/c1-24(37-17(28)8-5-13-3-6-14(33-2)7-4-13)11-16(27)25(32)9-10-34-23(21(24)25)36-22-20(31)19(30)18(29)15(12-26)35-22/h3-10,15-16,18-23,26-27,29-32H,11-12H2,1-2H3/b8-5-/t15-,16-,18+,19-,20-,21-,22+,23+,24+,25-/m1/s1. The molecular formula is C25H32O12. The largest absolute Gasteiger partial charge is 0.497 e. The van der Waals surface area contributed by atoms with Crippen LogP contribution in [0.1, 0.15) is 18.9 Å². The lowest BCUT2D eigenvalue weighted by Crippen LogP contribution is -2.62. The number of ether oxygens (including phenoxy) is 5. The molecule has 0 bridgehead atoms. The maximum absolute atomic E-state index is 12.7. The zero-order valence-electron chi connectivity index (χ0n) is 20.3. The molecule has 10 atom stereocenters. The topological polar surface area (TPSA) is 185 Å². The zero-order chi connectivity index (χ0) is 27.0. The van der Waals surface area contributed by atoms with E-state index in [1.807, 2.05) is 0 Å². The Hall–Kier alpha value is -2.55. The van der Waals surface area contributed by atoms with Gasteiger partial charge in [0.1, 0.15) is 41.4 Å². The van der Waals surface area contributed by atoms with Gasteiger partial charge < -0.3 is 54.3 Å². The highest BCUT2D eigenvalue weighted by Crippen LogP contribution is 2.51. The Labute approximate surface area is 212 Å². The number of fused-ring (bicyclic) bond motifs is 1. The molecule has 2 fully saturated rings. The lowest BCUT2D eigenvalue weighted by atomic mass is 9.81. The number of hydrogen-bond donors (Lipinski definition) is 6. The van der Waals surface area contributed by atoms with Crippen LogP contribution in [0.5, 0.6) is 5.75 Å². The van der Waals surface area contributed by atoms with Crippen LogP contribution in [0, 0.1) is 5.92 Å². The number of carbonyl (C=O) groups excluding carboxylic acids is 1. The normalized spacial score (nSPS) is 41.3. The maximum Gasteiger partial charge on any atom is 0.331 e. The maximum atomic E-state index is 12.7. The molecule has 3 aliphatic rings. The second-order valence-corrected chi connectivity index (χ2v) is 9.57. The fourth-order valence-electron chi connectivity index (χ4n) is 5.07. The van der Waals surface area contributed by atoms with Crippen LogP contribution in [0.3, 0.4) is 0 Å². The number of hydrogen-bond acceptors (Lipinski definition) is 12. The van der Waals surface area contributed by atoms with Crippen molar-refractivity contribution in [2.75, 3.05) is 13.7 Å². The van der Waals surface area contributed by atoms with E-state index in [1.165, 1.54) is 25.2 Å². The molecule has 1 saturated heterocycles. The van der Waals surface area contributed by atoms with E-state index < -0.39 is 72.8 Å². The van der Waals surface area contributed by atoms with Gasteiger partial charge in [0, 0.05) is 12.5 Å². The first-order valence-corrected chi connectivity index (χ1v) is 11.8. The highest BCUT2D eigenvalue weighted by atomic mass is 16.8. The van der Waals surface area contributed by atoms with Crippen LogP contribution in [-0.2, 0) is 23.7 Å². The summed E-state index contributed by atoms with van der Waals surface area (Å²) in [6.07, 6.45) is -5.73. The zero-order valence-corrected chi connectivity index (χ0v) is 20.3. The lowest BCUT2D eigenvalue weighted by molar-refractivity contribution is -0.351. The minimum Gasteiger partial charge on any atom is -0.497 e. The summed E-state index contributed by atoms with van der Waals surface area (Å²) < 4.78 is 27.4. The molecule has 1 aromatic rings. The van der Waals surface area contributed by atoms with Gasteiger partial charge in [-0.25, -0.2) is 4.79 Å². The molecule has 12 nitrogen and oxygen atoms in total. The predicted molar refractivity (Wildman–Crippen MR) is 124 cm³/mol. The second kappa shape index (κ2) is 10.7. The summed E-state index contributed by atoms with van der Waals surface area (Å²) in [5.74, 6) is -1.29. The number of rotatable bonds is 7. The minimum absolute atomic E-state index is 0.168. The van der Waals surface area contributed by atoms with Crippen LogP contribution in [0.4, 0.5) is 0 Å². The van der Waals surface area contributed by atoms with Crippen molar-refractivity contribution in [3.63, 3.8) is 0 Å².